The number of hydrogen-bond acceptors (Lipinski definition) is 5. The zero-order valence-corrected chi connectivity index (χ0v) is 17.3. The molecular weight excluding hydrogens is 380 g/mol. The van der Waals surface area contributed by atoms with Crippen LogP contribution < -0.4 is 4.74 Å². The van der Waals surface area contributed by atoms with E-state index >= 15 is 0 Å². The molecule has 1 aliphatic heterocycles. The van der Waals surface area contributed by atoms with Crippen LogP contribution in [0.2, 0.25) is 0 Å². The van der Waals surface area contributed by atoms with Crippen LogP contribution in [0.3, 0.4) is 0 Å². The first-order chi connectivity index (χ1) is 14.6. The summed E-state index contributed by atoms with van der Waals surface area (Å²) in [6.45, 7) is 4.19. The van der Waals surface area contributed by atoms with E-state index in [0.29, 0.717) is 25.4 Å². The number of rotatable bonds is 7. The van der Waals surface area contributed by atoms with Gasteiger partial charge in [0, 0.05) is 39.0 Å². The van der Waals surface area contributed by atoms with Gasteiger partial charge in [0.25, 0.3) is 5.91 Å². The molecule has 156 valence electrons. The van der Waals surface area contributed by atoms with Gasteiger partial charge in [-0.15, -0.1) is 0 Å². The van der Waals surface area contributed by atoms with Crippen LogP contribution in [0, 0.1) is 6.92 Å². The molecule has 0 aliphatic carbocycles. The minimum absolute atomic E-state index is 0.0644. The van der Waals surface area contributed by atoms with Crippen LogP contribution in [-0.4, -0.2) is 44.9 Å². The molecule has 1 atom stereocenters. The number of benzene rings is 1. The van der Waals surface area contributed by atoms with Gasteiger partial charge >= 0.3 is 0 Å². The van der Waals surface area contributed by atoms with Crippen molar-refractivity contribution in [2.24, 2.45) is 7.05 Å². The Balaban J connectivity index is 1.56. The lowest BCUT2D eigenvalue weighted by Gasteiger charge is -2.23. The number of carbonyl (C=O) groups excluding carboxylic acids is 1. The number of carbonyl (C=O) groups is 1. The third-order valence-corrected chi connectivity index (χ3v) is 5.09. The van der Waals surface area contributed by atoms with E-state index in [1.165, 1.54) is 0 Å². The van der Waals surface area contributed by atoms with Crippen LogP contribution in [0.25, 0.3) is 0 Å². The summed E-state index contributed by atoms with van der Waals surface area (Å²) in [7, 11) is 1.79. The zero-order valence-electron chi connectivity index (χ0n) is 17.3. The quantitative estimate of drug-likeness (QED) is 0.603. The summed E-state index contributed by atoms with van der Waals surface area (Å²) in [5.74, 6) is 0.737. The lowest BCUT2D eigenvalue weighted by Crippen LogP contribution is -2.31. The Morgan fingerprint density at radius 1 is 1.20 bits per heavy atom. The van der Waals surface area contributed by atoms with Crippen molar-refractivity contribution in [2.45, 2.75) is 32.5 Å². The molecule has 1 aromatic carbocycles. The summed E-state index contributed by atoms with van der Waals surface area (Å²) in [5, 5.41) is 4.33. The van der Waals surface area contributed by atoms with Gasteiger partial charge in [-0.1, -0.05) is 12.1 Å². The summed E-state index contributed by atoms with van der Waals surface area (Å²) in [6.07, 6.45) is 4.47. The molecule has 30 heavy (non-hydrogen) atoms. The van der Waals surface area contributed by atoms with Crippen LogP contribution >= 0.6 is 0 Å². The molecule has 0 N–H and O–H groups in total. The molecule has 1 fully saturated rings. The molecule has 1 amide bonds. The highest BCUT2D eigenvalue weighted by molar-refractivity contribution is 5.92. The van der Waals surface area contributed by atoms with Gasteiger partial charge in [-0.3, -0.25) is 14.5 Å². The second kappa shape index (κ2) is 9.09. The summed E-state index contributed by atoms with van der Waals surface area (Å²) in [6, 6.07) is 13.6. The SMILES string of the molecule is Cc1cc(C(=O)N(Cc2ccncc2)Cc2cccc(O[C@H]3CCOC3)c2)n(C)n1. The third kappa shape index (κ3) is 4.86. The molecular formula is C23H26N4O3. The second-order valence-corrected chi connectivity index (χ2v) is 7.56. The molecule has 3 aromatic rings. The van der Waals surface area contributed by atoms with Gasteiger partial charge in [0.05, 0.1) is 18.9 Å². The van der Waals surface area contributed by atoms with Gasteiger partial charge in [0.1, 0.15) is 17.5 Å². The van der Waals surface area contributed by atoms with Gasteiger partial charge in [-0.2, -0.15) is 5.10 Å². The summed E-state index contributed by atoms with van der Waals surface area (Å²) in [5.41, 5.74) is 3.41. The standard InChI is InChI=1S/C23H26N4O3/c1-17-12-22(26(2)25-17)23(28)27(14-18-6-9-24-10-7-18)15-19-4-3-5-20(13-19)30-21-8-11-29-16-21/h3-7,9-10,12-13,21H,8,11,14-16H2,1-2H3/t21-/m0/s1. The Bertz CT molecular complexity index is 997. The molecule has 0 unspecified atom stereocenters. The smallest absolute Gasteiger partial charge is 0.272 e. The largest absolute Gasteiger partial charge is 0.488 e. The van der Waals surface area contributed by atoms with Crippen LogP contribution in [0.4, 0.5) is 0 Å². The minimum atomic E-state index is -0.0644. The number of aromatic nitrogens is 3. The predicted molar refractivity (Wildman–Crippen MR) is 112 cm³/mol. The molecule has 1 aliphatic rings. The average Bonchev–Trinajstić information content (AvgIpc) is 3.37. The number of nitrogens with zero attached hydrogens (tertiary/aromatic N) is 4. The van der Waals surface area contributed by atoms with E-state index in [9.17, 15) is 4.79 Å². The van der Waals surface area contributed by atoms with Gasteiger partial charge in [-0.05, 0) is 48.4 Å². The van der Waals surface area contributed by atoms with Gasteiger partial charge in [-0.25, -0.2) is 0 Å². The molecule has 1 saturated heterocycles. The van der Waals surface area contributed by atoms with Crippen molar-refractivity contribution in [2.75, 3.05) is 13.2 Å². The van der Waals surface area contributed by atoms with E-state index in [1.807, 2.05) is 54.3 Å². The maximum atomic E-state index is 13.4. The fourth-order valence-electron chi connectivity index (χ4n) is 3.62. The second-order valence-electron chi connectivity index (χ2n) is 7.56. The molecule has 0 radical (unpaired) electrons. The molecule has 7 heteroatoms. The first-order valence-electron chi connectivity index (χ1n) is 10.1. The number of aryl methyl sites for hydroxylation is 2. The number of ether oxygens (including phenoxy) is 2. The Morgan fingerprint density at radius 2 is 2.00 bits per heavy atom. The fourth-order valence-corrected chi connectivity index (χ4v) is 3.62. The van der Waals surface area contributed by atoms with Crippen LogP contribution in [0.5, 0.6) is 5.75 Å². The van der Waals surface area contributed by atoms with Crippen LogP contribution in [-0.2, 0) is 24.9 Å². The molecule has 0 saturated carbocycles. The first kappa shape index (κ1) is 20.1. The van der Waals surface area contributed by atoms with Gasteiger partial charge in [0.2, 0.25) is 0 Å². The molecule has 0 bridgehead atoms. The van der Waals surface area contributed by atoms with Crippen molar-refractivity contribution in [3.05, 3.63) is 77.4 Å². The van der Waals surface area contributed by atoms with Crippen molar-refractivity contribution >= 4 is 5.91 Å². The number of hydrogen-bond donors (Lipinski definition) is 0. The van der Waals surface area contributed by atoms with Crippen molar-refractivity contribution in [3.63, 3.8) is 0 Å². The fraction of sp³-hybridized carbons (Fsp3) is 0.348. The number of amides is 1. The highest BCUT2D eigenvalue weighted by Crippen LogP contribution is 2.21. The van der Waals surface area contributed by atoms with Crippen molar-refractivity contribution in [3.8, 4) is 5.75 Å². The number of pyridine rings is 1. The Labute approximate surface area is 176 Å². The van der Waals surface area contributed by atoms with E-state index in [1.54, 1.807) is 24.1 Å². The van der Waals surface area contributed by atoms with Crippen molar-refractivity contribution in [1.29, 1.82) is 0 Å². The first-order valence-corrected chi connectivity index (χ1v) is 10.1. The summed E-state index contributed by atoms with van der Waals surface area (Å²) >= 11 is 0. The highest BCUT2D eigenvalue weighted by Gasteiger charge is 2.21. The maximum absolute atomic E-state index is 13.4. The van der Waals surface area contributed by atoms with Gasteiger partial charge in [0.15, 0.2) is 0 Å². The van der Waals surface area contributed by atoms with E-state index in [4.69, 9.17) is 9.47 Å². The Morgan fingerprint density at radius 3 is 2.70 bits per heavy atom. The van der Waals surface area contributed by atoms with Crippen molar-refractivity contribution < 1.29 is 14.3 Å². The topological polar surface area (TPSA) is 69.5 Å². The van der Waals surface area contributed by atoms with E-state index in [-0.39, 0.29) is 12.0 Å². The Kier molecular flexibility index (Phi) is 6.09. The lowest BCUT2D eigenvalue weighted by atomic mass is 10.1. The van der Waals surface area contributed by atoms with E-state index in [2.05, 4.69) is 10.1 Å². The van der Waals surface area contributed by atoms with Crippen molar-refractivity contribution in [1.82, 2.24) is 19.7 Å². The molecule has 7 nitrogen and oxygen atoms in total. The van der Waals surface area contributed by atoms with Crippen LogP contribution in [0.15, 0.2) is 54.9 Å². The predicted octanol–water partition coefficient (Wildman–Crippen LogP) is 3.13. The van der Waals surface area contributed by atoms with Gasteiger partial charge < -0.3 is 14.4 Å². The van der Waals surface area contributed by atoms with Crippen LogP contribution in [0.1, 0.15) is 33.7 Å². The zero-order chi connectivity index (χ0) is 20.9. The summed E-state index contributed by atoms with van der Waals surface area (Å²) < 4.78 is 13.1. The summed E-state index contributed by atoms with van der Waals surface area (Å²) in [4.78, 5) is 19.2. The molecule has 4 rings (SSSR count). The molecule has 2 aromatic heterocycles. The normalized spacial score (nSPS) is 15.9. The Hall–Kier alpha value is -3.19. The maximum Gasteiger partial charge on any atom is 0.272 e. The highest BCUT2D eigenvalue weighted by atomic mass is 16.5. The molecule has 0 spiro atoms. The minimum Gasteiger partial charge on any atom is -0.488 e. The van der Waals surface area contributed by atoms with E-state index < -0.39 is 0 Å². The van der Waals surface area contributed by atoms with E-state index in [0.717, 1.165) is 35.6 Å². The molecule has 3 heterocycles. The average molecular weight is 406 g/mol. The monoisotopic (exact) mass is 406 g/mol. The lowest BCUT2D eigenvalue weighted by molar-refractivity contribution is 0.0718. The third-order valence-electron chi connectivity index (χ3n) is 5.09.